The van der Waals surface area contributed by atoms with E-state index in [0.717, 1.165) is 5.70 Å². The lowest BCUT2D eigenvalue weighted by Crippen LogP contribution is -2.01. The van der Waals surface area contributed by atoms with Crippen molar-refractivity contribution >= 4 is 0 Å². The maximum atomic E-state index is 3.57. The third kappa shape index (κ3) is 2.24. The summed E-state index contributed by atoms with van der Waals surface area (Å²) in [6.45, 7) is 7.10. The minimum absolute atomic E-state index is 0. The predicted octanol–water partition coefficient (Wildman–Crippen LogP) is 1.71. The van der Waals surface area contributed by atoms with Gasteiger partial charge in [-0.2, -0.15) is 0 Å². The zero-order valence-corrected chi connectivity index (χ0v) is 5.15. The Hall–Kier alpha value is -0.980. The molecule has 0 unspecified atom stereocenters. The normalized spacial score (nSPS) is 10.4. The molecule has 0 heterocycles. The summed E-state index contributed by atoms with van der Waals surface area (Å²) >= 11 is 0. The molecule has 0 aliphatic heterocycles. The molecule has 8 heavy (non-hydrogen) atoms. The molecule has 0 rings (SSSR count). The second kappa shape index (κ2) is 4.19. The van der Waals surface area contributed by atoms with Gasteiger partial charge in [-0.3, -0.25) is 0 Å². The average molecular weight is 111 g/mol. The van der Waals surface area contributed by atoms with Crippen molar-refractivity contribution in [3.8, 4) is 0 Å². The van der Waals surface area contributed by atoms with Crippen LogP contribution in [0.3, 0.4) is 0 Å². The molecule has 0 aromatic carbocycles. The molecule has 0 aromatic rings. The quantitative estimate of drug-likeness (QED) is 0.547. The first-order valence-corrected chi connectivity index (χ1v) is 2.48. The maximum absolute atomic E-state index is 3.57. The fourth-order valence-corrected chi connectivity index (χ4v) is 0.380. The molecule has 0 fully saturated rings. The molecule has 1 N–H and O–H groups in total. The molecule has 0 saturated heterocycles. The van der Waals surface area contributed by atoms with Gasteiger partial charge in [0.25, 0.3) is 0 Å². The van der Waals surface area contributed by atoms with Gasteiger partial charge in [-0.05, 0) is 12.2 Å². The van der Waals surface area contributed by atoms with Gasteiger partial charge in [0, 0.05) is 14.2 Å². The Morgan fingerprint density at radius 1 is 1.62 bits per heavy atom. The van der Waals surface area contributed by atoms with E-state index in [1.165, 1.54) is 0 Å². The van der Waals surface area contributed by atoms with E-state index in [4.69, 9.17) is 0 Å². The highest BCUT2D eigenvalue weighted by Gasteiger charge is 1.76. The fourth-order valence-electron chi connectivity index (χ4n) is 0.380. The largest absolute Gasteiger partial charge is 0.388 e. The zero-order chi connectivity index (χ0) is 6.41. The summed E-state index contributed by atoms with van der Waals surface area (Å²) in [6, 6.07) is 0. The number of allylic oxidation sites excluding steroid dienone is 3. The molecule has 0 radical (unpaired) electrons. The second-order valence-electron chi connectivity index (χ2n) is 1.31. The van der Waals surface area contributed by atoms with E-state index < -0.39 is 0 Å². The number of hydrogen-bond acceptors (Lipinski definition) is 1. The Balaban J connectivity index is 0. The highest BCUT2D eigenvalue weighted by atomic mass is 14.8. The maximum Gasteiger partial charge on any atom is 0.0331 e. The summed E-state index contributed by atoms with van der Waals surface area (Å²) in [7, 11) is 1.84. The SMILES string of the molecule is C=C/C=C(\C=C)NC.[HH]. The third-order valence-electron chi connectivity index (χ3n) is 0.806. The van der Waals surface area contributed by atoms with Crippen LogP contribution in [-0.2, 0) is 0 Å². The second-order valence-corrected chi connectivity index (χ2v) is 1.31. The van der Waals surface area contributed by atoms with Crippen molar-refractivity contribution in [2.45, 2.75) is 0 Å². The number of rotatable bonds is 3. The van der Waals surface area contributed by atoms with Crippen LogP contribution in [0.15, 0.2) is 37.1 Å². The van der Waals surface area contributed by atoms with Crippen molar-refractivity contribution in [1.29, 1.82) is 0 Å². The zero-order valence-electron chi connectivity index (χ0n) is 5.15. The van der Waals surface area contributed by atoms with E-state index in [1.807, 2.05) is 13.1 Å². The van der Waals surface area contributed by atoms with Gasteiger partial charge >= 0.3 is 0 Å². The monoisotopic (exact) mass is 111 g/mol. The van der Waals surface area contributed by atoms with E-state index >= 15 is 0 Å². The first kappa shape index (κ1) is 7.02. The summed E-state index contributed by atoms with van der Waals surface area (Å²) < 4.78 is 0. The fraction of sp³-hybridized carbons (Fsp3) is 0.143. The highest BCUT2D eigenvalue weighted by Crippen LogP contribution is 1.86. The first-order chi connectivity index (χ1) is 3.85. The van der Waals surface area contributed by atoms with Gasteiger partial charge in [0.2, 0.25) is 0 Å². The summed E-state index contributed by atoms with van der Waals surface area (Å²) in [5.41, 5.74) is 0.986. The third-order valence-corrected chi connectivity index (χ3v) is 0.806. The van der Waals surface area contributed by atoms with Crippen LogP contribution in [0, 0.1) is 0 Å². The van der Waals surface area contributed by atoms with Crippen LogP contribution in [0.4, 0.5) is 0 Å². The Bertz CT molecular complexity index is 116. The lowest BCUT2D eigenvalue weighted by molar-refractivity contribution is 1.03. The Kier molecular flexibility index (Phi) is 3.67. The number of likely N-dealkylation sites (N-methyl/N-ethyl adjacent to an activating group) is 1. The van der Waals surface area contributed by atoms with Crippen LogP contribution >= 0.6 is 0 Å². The van der Waals surface area contributed by atoms with Crippen molar-refractivity contribution in [2.24, 2.45) is 0 Å². The highest BCUT2D eigenvalue weighted by molar-refractivity contribution is 5.18. The number of hydrogen-bond donors (Lipinski definition) is 1. The topological polar surface area (TPSA) is 12.0 Å². The van der Waals surface area contributed by atoms with Crippen LogP contribution in [0.2, 0.25) is 0 Å². The summed E-state index contributed by atoms with van der Waals surface area (Å²) in [4.78, 5) is 0. The van der Waals surface area contributed by atoms with Crippen molar-refractivity contribution in [1.82, 2.24) is 5.32 Å². The number of nitrogens with one attached hydrogen (secondary N) is 1. The van der Waals surface area contributed by atoms with E-state index in [9.17, 15) is 0 Å². The Morgan fingerprint density at radius 3 is 2.38 bits per heavy atom. The van der Waals surface area contributed by atoms with E-state index in [0.29, 0.717) is 0 Å². The van der Waals surface area contributed by atoms with Crippen LogP contribution in [0.25, 0.3) is 0 Å². The Morgan fingerprint density at radius 2 is 2.25 bits per heavy atom. The standard InChI is InChI=1S/C7H11N.H2/c1-4-6-7(5-2)8-3;/h4-6,8H,1-2H2,3H3;1H/b7-6+;. The molecule has 0 spiro atoms. The van der Waals surface area contributed by atoms with E-state index in [-0.39, 0.29) is 1.43 Å². The first-order valence-electron chi connectivity index (χ1n) is 2.48. The molecule has 0 bridgehead atoms. The average Bonchev–Trinajstić information content (AvgIpc) is 1.83. The predicted molar refractivity (Wildman–Crippen MR) is 39.7 cm³/mol. The van der Waals surface area contributed by atoms with Gasteiger partial charge in [-0.25, -0.2) is 0 Å². The van der Waals surface area contributed by atoms with Crippen molar-refractivity contribution in [3.05, 3.63) is 37.1 Å². The van der Waals surface area contributed by atoms with Crippen LogP contribution in [-0.4, -0.2) is 7.05 Å². The van der Waals surface area contributed by atoms with Crippen molar-refractivity contribution in [3.63, 3.8) is 0 Å². The molecule has 46 valence electrons. The minimum atomic E-state index is 0. The summed E-state index contributed by atoms with van der Waals surface area (Å²) in [5, 5.41) is 2.92. The minimum Gasteiger partial charge on any atom is -0.388 e. The van der Waals surface area contributed by atoms with Gasteiger partial charge in [0.1, 0.15) is 0 Å². The summed E-state index contributed by atoms with van der Waals surface area (Å²) in [5.74, 6) is 0. The molecule has 0 aromatic heterocycles. The molecule has 0 atom stereocenters. The summed E-state index contributed by atoms with van der Waals surface area (Å²) in [6.07, 6.45) is 5.31. The molecule has 0 saturated carbocycles. The molecule has 1 heteroatoms. The molecule has 0 aliphatic carbocycles. The van der Waals surface area contributed by atoms with Gasteiger partial charge in [0.05, 0.1) is 0 Å². The van der Waals surface area contributed by atoms with Crippen molar-refractivity contribution in [2.75, 3.05) is 7.05 Å². The molecule has 1 nitrogen and oxygen atoms in total. The van der Waals surface area contributed by atoms with Gasteiger partial charge in [-0.15, -0.1) is 0 Å². The van der Waals surface area contributed by atoms with Crippen LogP contribution < -0.4 is 5.32 Å². The molecular formula is C7H13N. The smallest absolute Gasteiger partial charge is 0.0331 e. The lowest BCUT2D eigenvalue weighted by atomic mass is 10.4. The van der Waals surface area contributed by atoms with Crippen molar-refractivity contribution < 1.29 is 1.43 Å². The van der Waals surface area contributed by atoms with E-state index in [2.05, 4.69) is 18.5 Å². The van der Waals surface area contributed by atoms with Gasteiger partial charge < -0.3 is 5.32 Å². The van der Waals surface area contributed by atoms with Crippen LogP contribution in [0.5, 0.6) is 0 Å². The van der Waals surface area contributed by atoms with E-state index in [1.54, 1.807) is 12.2 Å². The van der Waals surface area contributed by atoms with Gasteiger partial charge in [0.15, 0.2) is 0 Å². The molecular weight excluding hydrogens is 98.1 g/mol. The Labute approximate surface area is 51.9 Å². The molecule has 0 amide bonds. The van der Waals surface area contributed by atoms with Crippen LogP contribution in [0.1, 0.15) is 1.43 Å². The molecule has 0 aliphatic rings. The van der Waals surface area contributed by atoms with Gasteiger partial charge in [-0.1, -0.05) is 19.2 Å². The lowest BCUT2D eigenvalue weighted by Gasteiger charge is -1.94.